The molecular weight excluding hydrogens is 588 g/mol. The van der Waals surface area contributed by atoms with Crippen LogP contribution in [-0.4, -0.2) is 68.8 Å². The molecule has 0 unspecified atom stereocenters. The molecule has 2 aliphatic heterocycles. The van der Waals surface area contributed by atoms with Gasteiger partial charge in [-0.3, -0.25) is 9.21 Å². The molecule has 3 heterocycles. The number of thiol groups is 1. The molecule has 1 aromatic heterocycles. The summed E-state index contributed by atoms with van der Waals surface area (Å²) in [5.41, 5.74) is 5.39. The smallest absolute Gasteiger partial charge is 0.229 e. The van der Waals surface area contributed by atoms with Gasteiger partial charge in [-0.1, -0.05) is 29.8 Å². The molecule has 0 saturated carbocycles. The van der Waals surface area contributed by atoms with Gasteiger partial charge < -0.3 is 20.1 Å². The fourth-order valence-electron chi connectivity index (χ4n) is 5.51. The summed E-state index contributed by atoms with van der Waals surface area (Å²) in [7, 11) is -1.33. The lowest BCUT2D eigenvalue weighted by Gasteiger charge is -2.36. The van der Waals surface area contributed by atoms with Crippen LogP contribution in [0.15, 0.2) is 48.7 Å². The second-order valence-electron chi connectivity index (χ2n) is 11.1. The quantitative estimate of drug-likeness (QED) is 0.235. The van der Waals surface area contributed by atoms with Gasteiger partial charge in [0.15, 0.2) is 5.82 Å². The van der Waals surface area contributed by atoms with Gasteiger partial charge in [0.05, 0.1) is 29.4 Å². The summed E-state index contributed by atoms with van der Waals surface area (Å²) in [5, 5.41) is 6.76. The lowest BCUT2D eigenvalue weighted by molar-refractivity contribution is 0.0378. The van der Waals surface area contributed by atoms with Crippen molar-refractivity contribution in [2.75, 3.05) is 48.3 Å². The maximum Gasteiger partial charge on any atom is 0.229 e. The first-order valence-electron chi connectivity index (χ1n) is 14.6. The molecule has 2 aromatic carbocycles. The molecule has 0 amide bonds. The van der Waals surface area contributed by atoms with Crippen molar-refractivity contribution in [2.24, 2.45) is 0 Å². The average Bonchev–Trinajstić information content (AvgIpc) is 3.00. The average molecular weight is 627 g/mol. The topological polar surface area (TPSA) is 109 Å². The summed E-state index contributed by atoms with van der Waals surface area (Å²) in [6.07, 6.45) is 7.00. The van der Waals surface area contributed by atoms with Crippen molar-refractivity contribution in [3.63, 3.8) is 0 Å². The molecular formula is C31H39ClN6O4S. The van der Waals surface area contributed by atoms with E-state index in [0.717, 1.165) is 61.1 Å². The van der Waals surface area contributed by atoms with Crippen molar-refractivity contribution in [3.8, 4) is 5.75 Å². The zero-order valence-electron chi connectivity index (χ0n) is 25.0. The standard InChI is InChI=1S/C31H39ClN6O4S/c1-20(2)42-29-18-24(22-9-13-38(14-10-22)23-11-15-41-16-12-23)21(3)17-27(29)35-31-33-19-25(32)30(36-31)34-26-7-5-6-8-28(26)37(4)43(39)40/h5-9,17-20,23,43H,10-16H2,1-4H3,(H2,33,34,35,36). The summed E-state index contributed by atoms with van der Waals surface area (Å²) in [5.74, 6) is 1.36. The van der Waals surface area contributed by atoms with E-state index in [1.165, 1.54) is 24.4 Å². The Morgan fingerprint density at radius 3 is 2.60 bits per heavy atom. The molecule has 0 radical (unpaired) electrons. The summed E-state index contributed by atoms with van der Waals surface area (Å²) < 4.78 is 36.2. The van der Waals surface area contributed by atoms with Crippen LogP contribution in [0, 0.1) is 6.92 Å². The zero-order valence-corrected chi connectivity index (χ0v) is 26.6. The maximum atomic E-state index is 11.6. The molecule has 12 heteroatoms. The molecule has 43 heavy (non-hydrogen) atoms. The number of para-hydroxylation sites is 2. The first-order valence-corrected chi connectivity index (χ1v) is 16.1. The van der Waals surface area contributed by atoms with Gasteiger partial charge in [-0.25, -0.2) is 13.4 Å². The minimum atomic E-state index is -2.81. The third-order valence-corrected chi connectivity index (χ3v) is 8.71. The molecule has 1 fully saturated rings. The lowest BCUT2D eigenvalue weighted by Crippen LogP contribution is -2.41. The highest BCUT2D eigenvalue weighted by atomic mass is 35.5. The summed E-state index contributed by atoms with van der Waals surface area (Å²) in [4.78, 5) is 11.6. The van der Waals surface area contributed by atoms with E-state index < -0.39 is 10.9 Å². The number of nitrogens with one attached hydrogen (secondary N) is 2. The first kappa shape index (κ1) is 31.1. The Morgan fingerprint density at radius 1 is 1.14 bits per heavy atom. The van der Waals surface area contributed by atoms with Crippen LogP contribution in [0.5, 0.6) is 5.75 Å². The Bertz CT molecular complexity index is 1550. The molecule has 0 atom stereocenters. The number of rotatable bonds is 10. The SMILES string of the molecule is Cc1cc(Nc2ncc(Cl)c(Nc3ccccc3N(C)[SH](=O)=O)n2)c(OC(C)C)cc1C1=CCN(C2CCOCC2)CC1. The van der Waals surface area contributed by atoms with Crippen LogP contribution >= 0.6 is 11.6 Å². The van der Waals surface area contributed by atoms with Gasteiger partial charge >= 0.3 is 0 Å². The monoisotopic (exact) mass is 626 g/mol. The number of benzene rings is 2. The number of aromatic nitrogens is 2. The van der Waals surface area contributed by atoms with Crippen molar-refractivity contribution in [2.45, 2.75) is 52.2 Å². The fraction of sp³-hybridized carbons (Fsp3) is 0.419. The highest BCUT2D eigenvalue weighted by Gasteiger charge is 2.24. The molecule has 230 valence electrons. The second kappa shape index (κ2) is 13.9. The van der Waals surface area contributed by atoms with Gasteiger partial charge in [0.1, 0.15) is 10.8 Å². The van der Waals surface area contributed by atoms with E-state index in [-0.39, 0.29) is 6.10 Å². The normalized spacial score (nSPS) is 16.3. The first-order chi connectivity index (χ1) is 20.7. The predicted octanol–water partition coefficient (Wildman–Crippen LogP) is 5.94. The van der Waals surface area contributed by atoms with Crippen LogP contribution in [0.25, 0.3) is 5.57 Å². The Morgan fingerprint density at radius 2 is 1.91 bits per heavy atom. The third-order valence-electron chi connectivity index (χ3n) is 7.72. The van der Waals surface area contributed by atoms with Crippen molar-refractivity contribution in [3.05, 3.63) is 64.8 Å². The fourth-order valence-corrected chi connectivity index (χ4v) is 6.00. The van der Waals surface area contributed by atoms with Gasteiger partial charge in [-0.15, -0.1) is 0 Å². The number of aryl methyl sites for hydroxylation is 1. The third kappa shape index (κ3) is 7.59. The number of hydrogen-bond acceptors (Lipinski definition) is 9. The molecule has 0 aliphatic carbocycles. The molecule has 2 aliphatic rings. The minimum absolute atomic E-state index is 0.0372. The predicted molar refractivity (Wildman–Crippen MR) is 174 cm³/mol. The van der Waals surface area contributed by atoms with Gasteiger partial charge in [0, 0.05) is 39.4 Å². The maximum absolute atomic E-state index is 11.6. The van der Waals surface area contributed by atoms with Gasteiger partial charge in [0.25, 0.3) is 0 Å². The van der Waals surface area contributed by atoms with Crippen LogP contribution in [0.4, 0.5) is 28.8 Å². The number of nitrogens with zero attached hydrogens (tertiary/aromatic N) is 4. The van der Waals surface area contributed by atoms with Crippen LogP contribution in [0.2, 0.25) is 5.02 Å². The largest absolute Gasteiger partial charge is 0.489 e. The van der Waals surface area contributed by atoms with Gasteiger partial charge in [-0.2, -0.15) is 4.98 Å². The molecule has 0 bridgehead atoms. The van der Waals surface area contributed by atoms with Crippen LogP contribution < -0.4 is 19.7 Å². The lowest BCUT2D eigenvalue weighted by atomic mass is 9.93. The molecule has 1 saturated heterocycles. The number of anilines is 5. The Balaban J connectivity index is 1.39. The molecule has 10 nitrogen and oxygen atoms in total. The Labute approximate surface area is 260 Å². The second-order valence-corrected chi connectivity index (χ2v) is 12.5. The van der Waals surface area contributed by atoms with Crippen molar-refractivity contribution < 1.29 is 17.9 Å². The van der Waals surface area contributed by atoms with E-state index in [0.29, 0.717) is 40.0 Å². The van der Waals surface area contributed by atoms with E-state index in [1.54, 1.807) is 24.3 Å². The van der Waals surface area contributed by atoms with Gasteiger partial charge in [0.2, 0.25) is 16.8 Å². The Hall–Kier alpha value is -3.38. The van der Waals surface area contributed by atoms with Gasteiger partial charge in [-0.05, 0) is 81.0 Å². The van der Waals surface area contributed by atoms with Crippen molar-refractivity contribution >= 4 is 56.9 Å². The van der Waals surface area contributed by atoms with Crippen molar-refractivity contribution in [1.29, 1.82) is 0 Å². The van der Waals surface area contributed by atoms with E-state index >= 15 is 0 Å². The highest BCUT2D eigenvalue weighted by Crippen LogP contribution is 2.37. The summed E-state index contributed by atoms with van der Waals surface area (Å²) in [6.45, 7) is 9.79. The summed E-state index contributed by atoms with van der Waals surface area (Å²) in [6, 6.07) is 11.8. The van der Waals surface area contributed by atoms with E-state index in [9.17, 15) is 8.42 Å². The number of hydrogen-bond donors (Lipinski definition) is 3. The highest BCUT2D eigenvalue weighted by molar-refractivity contribution is 7.74. The number of halogens is 1. The van der Waals surface area contributed by atoms with Crippen LogP contribution in [0.1, 0.15) is 44.2 Å². The van der Waals surface area contributed by atoms with Crippen LogP contribution in [0.3, 0.4) is 0 Å². The molecule has 3 aromatic rings. The zero-order chi connectivity index (χ0) is 30.5. The number of ether oxygens (including phenoxy) is 2. The van der Waals surface area contributed by atoms with Crippen molar-refractivity contribution in [1.82, 2.24) is 14.9 Å². The van der Waals surface area contributed by atoms with E-state index in [2.05, 4.69) is 50.6 Å². The minimum Gasteiger partial charge on any atom is -0.489 e. The van der Waals surface area contributed by atoms with E-state index in [1.807, 2.05) is 13.8 Å². The molecule has 2 N–H and O–H groups in total. The summed E-state index contributed by atoms with van der Waals surface area (Å²) >= 11 is 6.45. The molecule has 0 spiro atoms. The van der Waals surface area contributed by atoms with E-state index in [4.69, 9.17) is 21.1 Å². The Kier molecular flexibility index (Phi) is 10.1. The molecule has 5 rings (SSSR count). The van der Waals surface area contributed by atoms with Crippen LogP contribution in [-0.2, 0) is 15.6 Å².